The molecule has 11 heteroatoms. The quantitative estimate of drug-likeness (QED) is 0.189. The number of aliphatic hydroxyl groups is 1. The fraction of sp³-hybridized carbons (Fsp3) is 0.281. The van der Waals surface area contributed by atoms with Gasteiger partial charge in [-0.25, -0.2) is 8.78 Å². The van der Waals surface area contributed by atoms with E-state index in [1.54, 1.807) is 6.07 Å². The number of hydrogen-bond acceptors (Lipinski definition) is 7. The van der Waals surface area contributed by atoms with Crippen LogP contribution in [0.5, 0.6) is 5.75 Å². The van der Waals surface area contributed by atoms with E-state index in [9.17, 15) is 23.2 Å². The predicted octanol–water partition coefficient (Wildman–Crippen LogP) is 2.65. The highest BCUT2D eigenvalue weighted by Gasteiger charge is 2.30. The maximum Gasteiger partial charge on any atom is 0.251 e. The van der Waals surface area contributed by atoms with Crippen molar-refractivity contribution in [3.8, 4) is 5.75 Å². The van der Waals surface area contributed by atoms with Crippen molar-refractivity contribution in [1.82, 2.24) is 16.0 Å². The first kappa shape index (κ1) is 30.0. The minimum absolute atomic E-state index is 0.0275. The summed E-state index contributed by atoms with van der Waals surface area (Å²) in [5.41, 5.74) is 2.45. The molecule has 43 heavy (non-hydrogen) atoms. The van der Waals surface area contributed by atoms with Gasteiger partial charge in [0.15, 0.2) is 17.4 Å². The Morgan fingerprint density at radius 1 is 0.860 bits per heavy atom. The average Bonchev–Trinajstić information content (AvgIpc) is 3.67. The number of ketones is 1. The summed E-state index contributed by atoms with van der Waals surface area (Å²) in [5, 5.41) is 17.9. The van der Waals surface area contributed by atoms with Crippen molar-refractivity contribution >= 4 is 23.7 Å². The Labute approximate surface area is 246 Å². The largest absolute Gasteiger partial charge is 0.490 e. The third kappa shape index (κ3) is 6.96. The van der Waals surface area contributed by atoms with E-state index in [0.29, 0.717) is 18.7 Å². The molecule has 1 saturated heterocycles. The Balaban J connectivity index is 1.21. The highest BCUT2D eigenvalue weighted by atomic mass is 19.2. The van der Waals surface area contributed by atoms with Crippen LogP contribution in [0.4, 0.5) is 8.78 Å². The van der Waals surface area contributed by atoms with E-state index in [4.69, 9.17) is 14.6 Å². The zero-order valence-electron chi connectivity index (χ0n) is 23.2. The van der Waals surface area contributed by atoms with Crippen molar-refractivity contribution in [3.63, 3.8) is 0 Å². The van der Waals surface area contributed by atoms with E-state index < -0.39 is 28.9 Å². The molecule has 4 N–H and O–H groups in total. The second kappa shape index (κ2) is 13.7. The maximum atomic E-state index is 14.7. The Hall–Kier alpha value is -4.45. The van der Waals surface area contributed by atoms with Gasteiger partial charge in [-0.05, 0) is 53.9 Å². The molecule has 3 aromatic carbocycles. The van der Waals surface area contributed by atoms with E-state index in [1.807, 2.05) is 24.3 Å². The molecular formula is C32H31F2N3O6. The second-order valence-corrected chi connectivity index (χ2v) is 10.2. The summed E-state index contributed by atoms with van der Waals surface area (Å²) in [6.07, 6.45) is 4.86. The Kier molecular flexibility index (Phi) is 9.55. The Morgan fingerprint density at radius 3 is 2.26 bits per heavy atom. The summed E-state index contributed by atoms with van der Waals surface area (Å²) in [4.78, 5) is 39.1. The Morgan fingerprint density at radius 2 is 1.53 bits per heavy atom. The van der Waals surface area contributed by atoms with E-state index in [1.165, 1.54) is 24.3 Å². The molecule has 1 aliphatic carbocycles. The standard InChI is InChI=1S/C32H31F2N3O6/c33-24-10-11-27(43-15-14-42-13-12-38)28(29(24)34)30(39)20-5-7-21(8-6-20)31(40)36-25-17-35-18-26(25)37-32(41)23-9-4-19-2-1-3-22(19)16-23/h1-2,4-11,16,25-26,35,38H,3,12-15,17-18H2,(H,36,40)(H,37,41)/t25-,26-/m1/s1. The fourth-order valence-corrected chi connectivity index (χ4v) is 5.04. The van der Waals surface area contributed by atoms with Crippen LogP contribution in [0.2, 0.25) is 0 Å². The van der Waals surface area contributed by atoms with Crippen LogP contribution in [0, 0.1) is 11.6 Å². The number of benzene rings is 3. The molecular weight excluding hydrogens is 560 g/mol. The minimum Gasteiger partial charge on any atom is -0.490 e. The normalized spacial score (nSPS) is 17.0. The first-order chi connectivity index (χ1) is 20.9. The van der Waals surface area contributed by atoms with Gasteiger partial charge in [0.05, 0.1) is 31.9 Å². The van der Waals surface area contributed by atoms with Crippen LogP contribution in [0.25, 0.3) is 6.08 Å². The molecule has 2 atom stereocenters. The number of nitrogens with one attached hydrogen (secondary N) is 3. The Bertz CT molecular complexity index is 1540. The number of carbonyl (C=O) groups is 3. The molecule has 1 fully saturated rings. The molecule has 2 aliphatic rings. The van der Waals surface area contributed by atoms with Crippen LogP contribution in [0.3, 0.4) is 0 Å². The average molecular weight is 592 g/mol. The first-order valence-corrected chi connectivity index (χ1v) is 13.9. The molecule has 0 bridgehead atoms. The second-order valence-electron chi connectivity index (χ2n) is 10.2. The van der Waals surface area contributed by atoms with Crippen LogP contribution in [0.15, 0.2) is 60.7 Å². The zero-order chi connectivity index (χ0) is 30.3. The van der Waals surface area contributed by atoms with Gasteiger partial charge in [0.2, 0.25) is 0 Å². The van der Waals surface area contributed by atoms with Gasteiger partial charge in [0, 0.05) is 29.8 Å². The van der Waals surface area contributed by atoms with Gasteiger partial charge >= 0.3 is 0 Å². The topological polar surface area (TPSA) is 126 Å². The number of aliphatic hydroxyl groups excluding tert-OH is 1. The molecule has 3 aromatic rings. The number of halogens is 2. The van der Waals surface area contributed by atoms with Crippen LogP contribution < -0.4 is 20.7 Å². The summed E-state index contributed by atoms with van der Waals surface area (Å²) >= 11 is 0. The van der Waals surface area contributed by atoms with Crippen LogP contribution in [-0.4, -0.2) is 74.3 Å². The first-order valence-electron chi connectivity index (χ1n) is 13.9. The van der Waals surface area contributed by atoms with Gasteiger partial charge in [-0.15, -0.1) is 0 Å². The van der Waals surface area contributed by atoms with Crippen molar-refractivity contribution < 1.29 is 37.7 Å². The molecule has 0 aromatic heterocycles. The van der Waals surface area contributed by atoms with Gasteiger partial charge < -0.3 is 30.5 Å². The third-order valence-corrected chi connectivity index (χ3v) is 7.30. The number of rotatable bonds is 12. The molecule has 2 amide bonds. The van der Waals surface area contributed by atoms with Crippen LogP contribution >= 0.6 is 0 Å². The number of carbonyl (C=O) groups excluding carboxylic acids is 3. The molecule has 0 saturated carbocycles. The molecule has 5 rings (SSSR count). The number of hydrogen-bond donors (Lipinski definition) is 4. The van der Waals surface area contributed by atoms with E-state index >= 15 is 0 Å². The minimum atomic E-state index is -1.35. The number of ether oxygens (including phenoxy) is 2. The summed E-state index contributed by atoms with van der Waals surface area (Å²) in [6, 6.07) is 12.4. The fourth-order valence-electron chi connectivity index (χ4n) is 5.04. The monoisotopic (exact) mass is 591 g/mol. The van der Waals surface area contributed by atoms with Crippen molar-refractivity contribution in [2.24, 2.45) is 0 Å². The zero-order valence-corrected chi connectivity index (χ0v) is 23.2. The lowest BCUT2D eigenvalue weighted by atomic mass is 10.00. The smallest absolute Gasteiger partial charge is 0.251 e. The number of fused-ring (bicyclic) bond motifs is 1. The lowest BCUT2D eigenvalue weighted by Gasteiger charge is -2.21. The van der Waals surface area contributed by atoms with Gasteiger partial charge in [0.1, 0.15) is 17.9 Å². The summed E-state index contributed by atoms with van der Waals surface area (Å²) in [7, 11) is 0. The van der Waals surface area contributed by atoms with Gasteiger partial charge in [-0.1, -0.05) is 30.4 Å². The van der Waals surface area contributed by atoms with E-state index in [2.05, 4.69) is 16.0 Å². The molecule has 224 valence electrons. The lowest BCUT2D eigenvalue weighted by molar-refractivity contribution is 0.0700. The van der Waals surface area contributed by atoms with Gasteiger partial charge in [0.25, 0.3) is 11.8 Å². The third-order valence-electron chi connectivity index (χ3n) is 7.30. The molecule has 9 nitrogen and oxygen atoms in total. The lowest BCUT2D eigenvalue weighted by Crippen LogP contribution is -2.51. The molecule has 0 unspecified atom stereocenters. The predicted molar refractivity (Wildman–Crippen MR) is 154 cm³/mol. The van der Waals surface area contributed by atoms with Crippen LogP contribution in [0.1, 0.15) is 47.8 Å². The summed E-state index contributed by atoms with van der Waals surface area (Å²) in [6.45, 7) is 0.871. The maximum absolute atomic E-state index is 14.7. The van der Waals surface area contributed by atoms with Crippen molar-refractivity contribution in [2.45, 2.75) is 18.5 Å². The highest BCUT2D eigenvalue weighted by Crippen LogP contribution is 2.27. The molecule has 1 heterocycles. The van der Waals surface area contributed by atoms with Crippen molar-refractivity contribution in [1.29, 1.82) is 0 Å². The highest BCUT2D eigenvalue weighted by molar-refractivity contribution is 6.11. The van der Waals surface area contributed by atoms with Crippen molar-refractivity contribution in [2.75, 3.05) is 39.5 Å². The van der Waals surface area contributed by atoms with Crippen molar-refractivity contribution in [3.05, 3.63) is 106 Å². The summed E-state index contributed by atoms with van der Waals surface area (Å²) in [5.74, 6) is -4.17. The summed E-state index contributed by atoms with van der Waals surface area (Å²) < 4.78 is 39.3. The van der Waals surface area contributed by atoms with E-state index in [0.717, 1.165) is 29.7 Å². The SMILES string of the molecule is O=C(N[C@@H]1CNC[C@H]1NC(=O)c1ccc2c(c1)CC=C2)c1ccc(C(=O)c2c(OCCOCCO)ccc(F)c2F)cc1. The number of amides is 2. The van der Waals surface area contributed by atoms with E-state index in [-0.39, 0.29) is 61.3 Å². The van der Waals surface area contributed by atoms with Crippen LogP contribution in [-0.2, 0) is 11.2 Å². The molecule has 0 spiro atoms. The van der Waals surface area contributed by atoms with Gasteiger partial charge in [-0.2, -0.15) is 0 Å². The molecule has 0 radical (unpaired) electrons. The number of allylic oxidation sites excluding steroid dienone is 1. The molecule has 1 aliphatic heterocycles. The van der Waals surface area contributed by atoms with Gasteiger partial charge in [-0.3, -0.25) is 14.4 Å².